The molecule has 0 radical (unpaired) electrons. The molecule has 2 aromatic rings. The van der Waals surface area contributed by atoms with Gasteiger partial charge < -0.3 is 15.5 Å². The summed E-state index contributed by atoms with van der Waals surface area (Å²) in [6, 6.07) is 14.8. The van der Waals surface area contributed by atoms with E-state index in [1.807, 2.05) is 35.2 Å². The van der Waals surface area contributed by atoms with Crippen LogP contribution in [0.5, 0.6) is 0 Å². The van der Waals surface area contributed by atoms with Crippen molar-refractivity contribution in [2.45, 2.75) is 64.3 Å². The van der Waals surface area contributed by atoms with Crippen molar-refractivity contribution in [3.05, 3.63) is 59.7 Å². The molecule has 0 saturated heterocycles. The number of anilines is 2. The first-order valence-corrected chi connectivity index (χ1v) is 11.9. The molecule has 1 aliphatic heterocycles. The fourth-order valence-electron chi connectivity index (χ4n) is 5.57. The summed E-state index contributed by atoms with van der Waals surface area (Å²) in [5.41, 5.74) is 2.18. The Morgan fingerprint density at radius 2 is 1.67 bits per heavy atom. The minimum atomic E-state index is -0.521. The minimum Gasteiger partial charge on any atom is -0.332 e. The molecule has 174 valence electrons. The predicted octanol–water partition coefficient (Wildman–Crippen LogP) is 5.18. The SMILES string of the molecule is CC(=O)Nc1cccc(NC(=O)[C@H]2c3ccccc3C(=O)N(CC(C)C)C23CCCCC3)c1. The summed E-state index contributed by atoms with van der Waals surface area (Å²) in [7, 11) is 0. The van der Waals surface area contributed by atoms with Gasteiger partial charge in [-0.25, -0.2) is 0 Å². The maximum Gasteiger partial charge on any atom is 0.254 e. The molecule has 6 heteroatoms. The maximum atomic E-state index is 13.9. The van der Waals surface area contributed by atoms with Gasteiger partial charge in [0, 0.05) is 30.4 Å². The fraction of sp³-hybridized carbons (Fsp3) is 0.444. The van der Waals surface area contributed by atoms with Crippen molar-refractivity contribution in [2.24, 2.45) is 5.92 Å². The fourth-order valence-corrected chi connectivity index (χ4v) is 5.57. The number of nitrogens with zero attached hydrogens (tertiary/aromatic N) is 1. The standard InChI is InChI=1S/C27H33N3O3/c1-18(2)17-30-26(33)23-13-6-5-12-22(23)24(27(30)14-7-4-8-15-27)25(32)29-21-11-9-10-20(16-21)28-19(3)31/h5-6,9-13,16,18,24H,4,7-8,14-15,17H2,1-3H3,(H,28,31)(H,29,32)/t24-/m1/s1. The van der Waals surface area contributed by atoms with Crippen LogP contribution >= 0.6 is 0 Å². The maximum absolute atomic E-state index is 13.9. The molecule has 1 heterocycles. The van der Waals surface area contributed by atoms with Crippen LogP contribution in [0.3, 0.4) is 0 Å². The molecule has 1 aliphatic carbocycles. The van der Waals surface area contributed by atoms with Gasteiger partial charge in [-0.05, 0) is 48.6 Å². The van der Waals surface area contributed by atoms with E-state index in [1.165, 1.54) is 6.92 Å². The topological polar surface area (TPSA) is 78.5 Å². The first kappa shape index (κ1) is 23.0. The molecule has 1 atom stereocenters. The first-order chi connectivity index (χ1) is 15.8. The highest BCUT2D eigenvalue weighted by Gasteiger charge is 2.54. The molecule has 0 bridgehead atoms. The zero-order valence-corrected chi connectivity index (χ0v) is 19.7. The Bertz CT molecular complexity index is 1060. The van der Waals surface area contributed by atoms with Crippen molar-refractivity contribution in [2.75, 3.05) is 17.2 Å². The average molecular weight is 448 g/mol. The molecule has 2 aliphatic rings. The molecule has 1 fully saturated rings. The smallest absolute Gasteiger partial charge is 0.254 e. The Balaban J connectivity index is 1.76. The van der Waals surface area contributed by atoms with Gasteiger partial charge in [0.2, 0.25) is 11.8 Å². The molecule has 0 aromatic heterocycles. The van der Waals surface area contributed by atoms with E-state index in [4.69, 9.17) is 0 Å². The van der Waals surface area contributed by atoms with E-state index >= 15 is 0 Å². The summed E-state index contributed by atoms with van der Waals surface area (Å²) < 4.78 is 0. The quantitative estimate of drug-likeness (QED) is 0.663. The molecule has 2 N–H and O–H groups in total. The lowest BCUT2D eigenvalue weighted by molar-refractivity contribution is -0.122. The minimum absolute atomic E-state index is 0.0397. The third kappa shape index (κ3) is 4.52. The van der Waals surface area contributed by atoms with Gasteiger partial charge in [0.1, 0.15) is 0 Å². The molecular formula is C27H33N3O3. The van der Waals surface area contributed by atoms with E-state index in [0.29, 0.717) is 29.4 Å². The largest absolute Gasteiger partial charge is 0.332 e. The Morgan fingerprint density at radius 3 is 2.33 bits per heavy atom. The van der Waals surface area contributed by atoms with Crippen LogP contribution in [0.25, 0.3) is 0 Å². The molecule has 1 spiro atoms. The van der Waals surface area contributed by atoms with E-state index in [2.05, 4.69) is 24.5 Å². The zero-order chi connectivity index (χ0) is 23.6. The Kier molecular flexibility index (Phi) is 6.54. The molecular weight excluding hydrogens is 414 g/mol. The van der Waals surface area contributed by atoms with Gasteiger partial charge in [0.15, 0.2) is 0 Å². The predicted molar refractivity (Wildman–Crippen MR) is 130 cm³/mol. The summed E-state index contributed by atoms with van der Waals surface area (Å²) in [5, 5.41) is 5.86. The van der Waals surface area contributed by atoms with Crippen molar-refractivity contribution in [1.82, 2.24) is 4.90 Å². The molecule has 2 aromatic carbocycles. The van der Waals surface area contributed by atoms with Crippen LogP contribution in [-0.2, 0) is 9.59 Å². The number of benzene rings is 2. The van der Waals surface area contributed by atoms with Gasteiger partial charge in [0.25, 0.3) is 5.91 Å². The summed E-state index contributed by atoms with van der Waals surface area (Å²) in [4.78, 5) is 41.1. The number of amides is 3. The number of hydrogen-bond donors (Lipinski definition) is 2. The third-order valence-electron chi connectivity index (χ3n) is 6.80. The summed E-state index contributed by atoms with van der Waals surface area (Å²) in [5.74, 6) is -0.377. The average Bonchev–Trinajstić information content (AvgIpc) is 2.77. The molecule has 33 heavy (non-hydrogen) atoms. The van der Waals surface area contributed by atoms with Gasteiger partial charge in [-0.3, -0.25) is 14.4 Å². The van der Waals surface area contributed by atoms with Gasteiger partial charge in [-0.1, -0.05) is 57.4 Å². The lowest BCUT2D eigenvalue weighted by Crippen LogP contribution is -2.62. The second-order valence-electron chi connectivity index (χ2n) is 9.75. The van der Waals surface area contributed by atoms with Crippen molar-refractivity contribution < 1.29 is 14.4 Å². The van der Waals surface area contributed by atoms with E-state index in [0.717, 1.165) is 37.7 Å². The number of carbonyl (C=O) groups excluding carboxylic acids is 3. The van der Waals surface area contributed by atoms with E-state index in [-0.39, 0.29) is 17.7 Å². The second-order valence-corrected chi connectivity index (χ2v) is 9.75. The third-order valence-corrected chi connectivity index (χ3v) is 6.80. The van der Waals surface area contributed by atoms with Gasteiger partial charge in [-0.15, -0.1) is 0 Å². The second kappa shape index (κ2) is 9.38. The Hall–Kier alpha value is -3.15. The van der Waals surface area contributed by atoms with Crippen LogP contribution in [0.2, 0.25) is 0 Å². The van der Waals surface area contributed by atoms with E-state index < -0.39 is 11.5 Å². The highest BCUT2D eigenvalue weighted by atomic mass is 16.2. The number of fused-ring (bicyclic) bond motifs is 1. The highest BCUT2D eigenvalue weighted by molar-refractivity contribution is 6.05. The van der Waals surface area contributed by atoms with Crippen molar-refractivity contribution in [1.29, 1.82) is 0 Å². The van der Waals surface area contributed by atoms with Crippen LogP contribution < -0.4 is 10.6 Å². The van der Waals surface area contributed by atoms with Crippen molar-refractivity contribution in [3.63, 3.8) is 0 Å². The van der Waals surface area contributed by atoms with Crippen molar-refractivity contribution in [3.8, 4) is 0 Å². The molecule has 3 amide bonds. The molecule has 0 unspecified atom stereocenters. The van der Waals surface area contributed by atoms with Crippen LogP contribution in [0.4, 0.5) is 11.4 Å². The van der Waals surface area contributed by atoms with Crippen LogP contribution in [-0.4, -0.2) is 34.7 Å². The first-order valence-electron chi connectivity index (χ1n) is 11.9. The van der Waals surface area contributed by atoms with Crippen LogP contribution in [0, 0.1) is 5.92 Å². The monoisotopic (exact) mass is 447 g/mol. The van der Waals surface area contributed by atoms with E-state index in [9.17, 15) is 14.4 Å². The zero-order valence-electron chi connectivity index (χ0n) is 19.7. The van der Waals surface area contributed by atoms with Crippen LogP contribution in [0.15, 0.2) is 48.5 Å². The van der Waals surface area contributed by atoms with Crippen molar-refractivity contribution >= 4 is 29.1 Å². The number of rotatable bonds is 5. The van der Waals surface area contributed by atoms with Gasteiger partial charge in [-0.2, -0.15) is 0 Å². The normalized spacial score (nSPS) is 19.3. The number of carbonyl (C=O) groups is 3. The summed E-state index contributed by atoms with van der Waals surface area (Å²) >= 11 is 0. The Labute approximate surface area is 195 Å². The Morgan fingerprint density at radius 1 is 1.00 bits per heavy atom. The molecule has 4 rings (SSSR count). The summed E-state index contributed by atoms with van der Waals surface area (Å²) in [6.45, 7) is 6.33. The van der Waals surface area contributed by atoms with E-state index in [1.54, 1.807) is 18.2 Å². The van der Waals surface area contributed by atoms with Crippen LogP contribution in [0.1, 0.15) is 74.7 Å². The lowest BCUT2D eigenvalue weighted by Gasteiger charge is -2.54. The van der Waals surface area contributed by atoms with Gasteiger partial charge in [0.05, 0.1) is 11.5 Å². The number of nitrogens with one attached hydrogen (secondary N) is 2. The van der Waals surface area contributed by atoms with Gasteiger partial charge >= 0.3 is 0 Å². The summed E-state index contributed by atoms with van der Waals surface area (Å²) in [6.07, 6.45) is 4.78. The molecule has 1 saturated carbocycles. The highest BCUT2D eigenvalue weighted by Crippen LogP contribution is 2.49. The number of hydrogen-bond acceptors (Lipinski definition) is 3. The molecule has 6 nitrogen and oxygen atoms in total. The lowest BCUT2D eigenvalue weighted by atomic mass is 9.65.